The Morgan fingerprint density at radius 3 is 3.00 bits per heavy atom. The highest BCUT2D eigenvalue weighted by Crippen LogP contribution is 2.13. The molecule has 0 aliphatic rings. The molecule has 0 radical (unpaired) electrons. The van der Waals surface area contributed by atoms with Gasteiger partial charge in [0.05, 0.1) is 5.69 Å². The number of aryl methyl sites for hydroxylation is 1. The second-order valence-corrected chi connectivity index (χ2v) is 3.65. The van der Waals surface area contributed by atoms with Crippen molar-refractivity contribution in [1.82, 2.24) is 10.3 Å². The summed E-state index contributed by atoms with van der Waals surface area (Å²) in [5.74, 6) is 0.253. The van der Waals surface area contributed by atoms with E-state index in [2.05, 4.69) is 10.3 Å². The number of hydrogen-bond acceptors (Lipinski definition) is 4. The van der Waals surface area contributed by atoms with Crippen LogP contribution in [0.3, 0.4) is 0 Å². The lowest BCUT2D eigenvalue weighted by Gasteiger charge is -2.06. The minimum Gasteiger partial charge on any atom is -0.506 e. The van der Waals surface area contributed by atoms with Gasteiger partial charge < -0.3 is 15.2 Å². The topological polar surface area (TPSA) is 54.4 Å². The zero-order chi connectivity index (χ0) is 11.8. The predicted octanol–water partition coefficient (Wildman–Crippen LogP) is 1.61. The Labute approximate surface area is 96.7 Å². The van der Waals surface area contributed by atoms with Gasteiger partial charge in [-0.15, -0.1) is 0 Å². The Hall–Kier alpha value is -1.13. The van der Waals surface area contributed by atoms with E-state index in [1.54, 1.807) is 12.1 Å². The monoisotopic (exact) mass is 224 g/mol. The first-order valence-corrected chi connectivity index (χ1v) is 5.68. The fourth-order valence-electron chi connectivity index (χ4n) is 1.38. The van der Waals surface area contributed by atoms with Crippen molar-refractivity contribution in [2.24, 2.45) is 0 Å². The van der Waals surface area contributed by atoms with E-state index < -0.39 is 0 Å². The molecule has 1 rings (SSSR count). The summed E-state index contributed by atoms with van der Waals surface area (Å²) in [4.78, 5) is 4.26. The van der Waals surface area contributed by atoms with Crippen LogP contribution in [0.5, 0.6) is 5.75 Å². The number of nitrogens with one attached hydrogen (secondary N) is 1. The highest BCUT2D eigenvalue weighted by molar-refractivity contribution is 5.27. The summed E-state index contributed by atoms with van der Waals surface area (Å²) in [6.07, 6.45) is 0.973. The standard InChI is InChI=1S/C12H20N2O2/c1-3-16-8-4-7-13-9-11-12(15)6-5-10(2)14-11/h5-6,13,15H,3-4,7-9H2,1-2H3. The normalized spacial score (nSPS) is 10.6. The fourth-order valence-corrected chi connectivity index (χ4v) is 1.38. The van der Waals surface area contributed by atoms with Gasteiger partial charge in [0, 0.05) is 25.5 Å². The van der Waals surface area contributed by atoms with Crippen LogP contribution in [0, 0.1) is 6.92 Å². The van der Waals surface area contributed by atoms with Gasteiger partial charge in [0.1, 0.15) is 5.75 Å². The van der Waals surface area contributed by atoms with Crippen molar-refractivity contribution >= 4 is 0 Å². The van der Waals surface area contributed by atoms with E-state index >= 15 is 0 Å². The maximum Gasteiger partial charge on any atom is 0.138 e. The molecule has 4 heteroatoms. The van der Waals surface area contributed by atoms with Crippen LogP contribution in [0.15, 0.2) is 12.1 Å². The Morgan fingerprint density at radius 1 is 1.44 bits per heavy atom. The van der Waals surface area contributed by atoms with E-state index in [4.69, 9.17) is 4.74 Å². The van der Waals surface area contributed by atoms with E-state index in [0.29, 0.717) is 12.2 Å². The van der Waals surface area contributed by atoms with Crippen LogP contribution in [-0.2, 0) is 11.3 Å². The van der Waals surface area contributed by atoms with Crippen molar-refractivity contribution in [3.63, 3.8) is 0 Å². The van der Waals surface area contributed by atoms with Crippen LogP contribution in [0.4, 0.5) is 0 Å². The molecule has 1 aromatic rings. The first kappa shape index (κ1) is 12.9. The maximum atomic E-state index is 9.55. The number of aromatic nitrogens is 1. The summed E-state index contributed by atoms with van der Waals surface area (Å²) in [7, 11) is 0. The fraction of sp³-hybridized carbons (Fsp3) is 0.583. The minimum absolute atomic E-state index is 0.253. The number of pyridine rings is 1. The third-order valence-corrected chi connectivity index (χ3v) is 2.23. The van der Waals surface area contributed by atoms with Crippen molar-refractivity contribution < 1.29 is 9.84 Å². The maximum absolute atomic E-state index is 9.55. The van der Waals surface area contributed by atoms with Gasteiger partial charge in [-0.3, -0.25) is 4.98 Å². The summed E-state index contributed by atoms with van der Waals surface area (Å²) in [5.41, 5.74) is 1.63. The molecular weight excluding hydrogens is 204 g/mol. The number of rotatable bonds is 7. The summed E-state index contributed by atoms with van der Waals surface area (Å²) >= 11 is 0. The largest absolute Gasteiger partial charge is 0.506 e. The van der Waals surface area contributed by atoms with Crippen LogP contribution in [0.2, 0.25) is 0 Å². The molecule has 0 amide bonds. The van der Waals surface area contributed by atoms with Gasteiger partial charge in [0.2, 0.25) is 0 Å². The van der Waals surface area contributed by atoms with Gasteiger partial charge in [-0.25, -0.2) is 0 Å². The van der Waals surface area contributed by atoms with Gasteiger partial charge in [0.15, 0.2) is 0 Å². The molecular formula is C12H20N2O2. The van der Waals surface area contributed by atoms with E-state index in [1.807, 2.05) is 13.8 Å². The van der Waals surface area contributed by atoms with Crippen molar-refractivity contribution in [3.05, 3.63) is 23.5 Å². The molecule has 0 unspecified atom stereocenters. The van der Waals surface area contributed by atoms with E-state index in [9.17, 15) is 5.11 Å². The molecule has 1 aromatic heterocycles. The van der Waals surface area contributed by atoms with Gasteiger partial charge in [-0.1, -0.05) is 0 Å². The molecule has 4 nitrogen and oxygen atoms in total. The third-order valence-electron chi connectivity index (χ3n) is 2.23. The van der Waals surface area contributed by atoms with Crippen LogP contribution < -0.4 is 5.32 Å². The molecule has 0 aliphatic carbocycles. The SMILES string of the molecule is CCOCCCNCc1nc(C)ccc1O. The Bertz CT molecular complexity index is 316. The Balaban J connectivity index is 2.23. The van der Waals surface area contributed by atoms with Crippen LogP contribution in [-0.4, -0.2) is 29.8 Å². The molecule has 0 aromatic carbocycles. The first-order valence-electron chi connectivity index (χ1n) is 5.68. The van der Waals surface area contributed by atoms with Crippen LogP contribution in [0.25, 0.3) is 0 Å². The zero-order valence-electron chi connectivity index (χ0n) is 9.99. The highest BCUT2D eigenvalue weighted by Gasteiger charge is 2.01. The number of nitrogens with zero attached hydrogens (tertiary/aromatic N) is 1. The summed E-state index contributed by atoms with van der Waals surface area (Å²) in [6, 6.07) is 3.48. The lowest BCUT2D eigenvalue weighted by Crippen LogP contribution is -2.17. The van der Waals surface area contributed by atoms with Crippen LogP contribution >= 0.6 is 0 Å². The van der Waals surface area contributed by atoms with E-state index in [1.165, 1.54) is 0 Å². The molecule has 0 spiro atoms. The van der Waals surface area contributed by atoms with Crippen molar-refractivity contribution in [3.8, 4) is 5.75 Å². The van der Waals surface area contributed by atoms with Gasteiger partial charge in [0.25, 0.3) is 0 Å². The number of aromatic hydroxyl groups is 1. The second kappa shape index (κ2) is 7.19. The molecule has 0 fully saturated rings. The highest BCUT2D eigenvalue weighted by atomic mass is 16.5. The molecule has 0 aliphatic heterocycles. The Kier molecular flexibility index (Phi) is 5.82. The summed E-state index contributed by atoms with van der Waals surface area (Å²) in [6.45, 7) is 6.91. The molecule has 0 atom stereocenters. The average molecular weight is 224 g/mol. The average Bonchev–Trinajstić information content (AvgIpc) is 2.28. The number of ether oxygens (including phenoxy) is 1. The van der Waals surface area contributed by atoms with Crippen molar-refractivity contribution in [2.45, 2.75) is 26.8 Å². The second-order valence-electron chi connectivity index (χ2n) is 3.65. The molecule has 0 saturated heterocycles. The zero-order valence-corrected chi connectivity index (χ0v) is 9.99. The lowest BCUT2D eigenvalue weighted by atomic mass is 10.3. The van der Waals surface area contributed by atoms with E-state index in [0.717, 1.165) is 31.9 Å². The molecule has 1 heterocycles. The van der Waals surface area contributed by atoms with Gasteiger partial charge >= 0.3 is 0 Å². The smallest absolute Gasteiger partial charge is 0.138 e. The predicted molar refractivity (Wildman–Crippen MR) is 63.5 cm³/mol. The third kappa shape index (κ3) is 4.59. The van der Waals surface area contributed by atoms with Gasteiger partial charge in [-0.2, -0.15) is 0 Å². The van der Waals surface area contributed by atoms with Crippen molar-refractivity contribution in [1.29, 1.82) is 0 Å². The van der Waals surface area contributed by atoms with Gasteiger partial charge in [-0.05, 0) is 38.9 Å². The van der Waals surface area contributed by atoms with Crippen LogP contribution in [0.1, 0.15) is 24.7 Å². The molecule has 0 saturated carbocycles. The number of hydrogen-bond donors (Lipinski definition) is 2. The molecule has 2 N–H and O–H groups in total. The molecule has 0 bridgehead atoms. The molecule has 90 valence electrons. The summed E-state index contributed by atoms with van der Waals surface area (Å²) < 4.78 is 5.22. The van der Waals surface area contributed by atoms with E-state index in [-0.39, 0.29) is 5.75 Å². The van der Waals surface area contributed by atoms with Crippen molar-refractivity contribution in [2.75, 3.05) is 19.8 Å². The summed E-state index contributed by atoms with van der Waals surface area (Å²) in [5, 5.41) is 12.8. The first-order chi connectivity index (χ1) is 7.74. The lowest BCUT2D eigenvalue weighted by molar-refractivity contribution is 0.144. The quantitative estimate of drug-likeness (QED) is 0.691. The molecule has 16 heavy (non-hydrogen) atoms. The Morgan fingerprint density at radius 2 is 2.25 bits per heavy atom. The minimum atomic E-state index is 0.253.